The molecule has 4 nitrogen and oxygen atoms in total. The van der Waals surface area contributed by atoms with Gasteiger partial charge in [-0.15, -0.1) is 0 Å². The Balaban J connectivity index is 2.01. The molecular weight excluding hydrogens is 221 g/mol. The summed E-state index contributed by atoms with van der Waals surface area (Å²) in [4.78, 5) is 4.22. The van der Waals surface area contributed by atoms with Crippen LogP contribution in [0.5, 0.6) is 0 Å². The van der Waals surface area contributed by atoms with E-state index in [0.717, 1.165) is 12.0 Å². The molecule has 0 fully saturated rings. The van der Waals surface area contributed by atoms with Crippen LogP contribution in [0.2, 0.25) is 0 Å². The Morgan fingerprint density at radius 1 is 1.35 bits per heavy atom. The van der Waals surface area contributed by atoms with Crippen molar-refractivity contribution < 1.29 is 8.91 Å². The Bertz CT molecular complexity index is 484. The monoisotopic (exact) mass is 235 g/mol. The van der Waals surface area contributed by atoms with E-state index < -0.39 is 0 Å². The minimum Gasteiger partial charge on any atom is -0.339 e. The van der Waals surface area contributed by atoms with E-state index >= 15 is 0 Å². The van der Waals surface area contributed by atoms with Crippen LogP contribution in [0, 0.1) is 5.82 Å². The fraction of sp³-hybridized carbons (Fsp3) is 0.333. The number of aromatic nitrogens is 2. The number of benzene rings is 1. The number of hydrogen-bond acceptors (Lipinski definition) is 4. The zero-order valence-corrected chi connectivity index (χ0v) is 9.40. The van der Waals surface area contributed by atoms with Crippen LogP contribution in [0.3, 0.4) is 0 Å². The molecule has 5 heteroatoms. The van der Waals surface area contributed by atoms with E-state index in [0.29, 0.717) is 31.1 Å². The lowest BCUT2D eigenvalue weighted by Gasteiger charge is -1.95. The minimum absolute atomic E-state index is 0.259. The Morgan fingerprint density at radius 3 is 3.00 bits per heavy atom. The molecule has 0 spiro atoms. The first kappa shape index (κ1) is 11.7. The Kier molecular flexibility index (Phi) is 3.82. The molecule has 2 N–H and O–H groups in total. The van der Waals surface area contributed by atoms with Gasteiger partial charge in [-0.1, -0.05) is 17.3 Å². The van der Waals surface area contributed by atoms with Gasteiger partial charge >= 0.3 is 0 Å². The van der Waals surface area contributed by atoms with Crippen LogP contribution in [0.15, 0.2) is 28.8 Å². The molecule has 0 aliphatic carbocycles. The molecule has 1 heterocycles. The summed E-state index contributed by atoms with van der Waals surface area (Å²) in [6, 6.07) is 6.36. The Hall–Kier alpha value is -1.75. The summed E-state index contributed by atoms with van der Waals surface area (Å²) >= 11 is 0. The Morgan fingerprint density at radius 2 is 2.24 bits per heavy atom. The number of nitrogens with two attached hydrogens (primary N) is 1. The maximum absolute atomic E-state index is 13.0. The summed E-state index contributed by atoms with van der Waals surface area (Å²) in [7, 11) is 0. The highest BCUT2D eigenvalue weighted by molar-refractivity contribution is 5.19. The van der Waals surface area contributed by atoms with Crippen molar-refractivity contribution in [1.29, 1.82) is 0 Å². The van der Waals surface area contributed by atoms with Gasteiger partial charge in [-0.05, 0) is 30.7 Å². The van der Waals surface area contributed by atoms with E-state index in [-0.39, 0.29) is 5.82 Å². The lowest BCUT2D eigenvalue weighted by Crippen LogP contribution is -2.01. The quantitative estimate of drug-likeness (QED) is 0.856. The van der Waals surface area contributed by atoms with Crippen molar-refractivity contribution in [1.82, 2.24) is 10.1 Å². The van der Waals surface area contributed by atoms with Crippen LogP contribution >= 0.6 is 0 Å². The second-order valence-corrected chi connectivity index (χ2v) is 3.80. The topological polar surface area (TPSA) is 64.9 Å². The van der Waals surface area contributed by atoms with E-state index in [1.165, 1.54) is 12.1 Å². The molecule has 0 unspecified atom stereocenters. The minimum atomic E-state index is -0.259. The van der Waals surface area contributed by atoms with Gasteiger partial charge in [0, 0.05) is 6.42 Å². The lowest BCUT2D eigenvalue weighted by molar-refractivity contribution is 0.379. The maximum atomic E-state index is 13.0. The molecule has 0 saturated heterocycles. The van der Waals surface area contributed by atoms with Gasteiger partial charge in [0.05, 0.1) is 6.42 Å². The van der Waals surface area contributed by atoms with Crippen molar-refractivity contribution in [2.24, 2.45) is 5.73 Å². The van der Waals surface area contributed by atoms with Crippen LogP contribution < -0.4 is 5.73 Å². The average molecular weight is 235 g/mol. The first-order chi connectivity index (χ1) is 8.28. The summed E-state index contributed by atoms with van der Waals surface area (Å²) in [5, 5.41) is 3.84. The predicted molar refractivity (Wildman–Crippen MR) is 60.9 cm³/mol. The van der Waals surface area contributed by atoms with Gasteiger partial charge in [-0.2, -0.15) is 4.98 Å². The van der Waals surface area contributed by atoms with Gasteiger partial charge < -0.3 is 10.3 Å². The molecular formula is C12H14FN3O. The summed E-state index contributed by atoms with van der Waals surface area (Å²) in [6.07, 6.45) is 2.00. The highest BCUT2D eigenvalue weighted by atomic mass is 19.1. The van der Waals surface area contributed by atoms with E-state index in [1.807, 2.05) is 6.07 Å². The van der Waals surface area contributed by atoms with E-state index in [4.69, 9.17) is 10.3 Å². The molecule has 2 rings (SSSR count). The van der Waals surface area contributed by atoms with Gasteiger partial charge in [0.1, 0.15) is 5.82 Å². The van der Waals surface area contributed by atoms with Crippen LogP contribution in [0.25, 0.3) is 0 Å². The zero-order chi connectivity index (χ0) is 12.1. The summed E-state index contributed by atoms with van der Waals surface area (Å²) < 4.78 is 18.0. The Labute approximate surface area is 98.6 Å². The molecule has 1 aromatic heterocycles. The average Bonchev–Trinajstić information content (AvgIpc) is 2.74. The van der Waals surface area contributed by atoms with Crippen LogP contribution in [0.4, 0.5) is 4.39 Å². The summed E-state index contributed by atoms with van der Waals surface area (Å²) in [6.45, 7) is 0.605. The van der Waals surface area contributed by atoms with Crippen molar-refractivity contribution in [2.45, 2.75) is 19.3 Å². The van der Waals surface area contributed by atoms with Gasteiger partial charge in [0.2, 0.25) is 5.89 Å². The fourth-order valence-corrected chi connectivity index (χ4v) is 1.55. The SMILES string of the molecule is NCCCc1noc(Cc2cccc(F)c2)n1. The smallest absolute Gasteiger partial charge is 0.231 e. The van der Waals surface area contributed by atoms with E-state index in [2.05, 4.69) is 10.1 Å². The molecule has 0 aliphatic rings. The van der Waals surface area contributed by atoms with Gasteiger partial charge in [0.15, 0.2) is 5.82 Å². The van der Waals surface area contributed by atoms with Crippen LogP contribution in [-0.4, -0.2) is 16.7 Å². The lowest BCUT2D eigenvalue weighted by atomic mass is 10.1. The number of aryl methyl sites for hydroxylation is 1. The molecule has 0 radical (unpaired) electrons. The van der Waals surface area contributed by atoms with Crippen LogP contribution in [-0.2, 0) is 12.8 Å². The zero-order valence-electron chi connectivity index (χ0n) is 9.40. The van der Waals surface area contributed by atoms with Gasteiger partial charge in [-0.25, -0.2) is 4.39 Å². The molecule has 90 valence electrons. The van der Waals surface area contributed by atoms with E-state index in [9.17, 15) is 4.39 Å². The second kappa shape index (κ2) is 5.54. The molecule has 1 aromatic carbocycles. The highest BCUT2D eigenvalue weighted by Gasteiger charge is 2.07. The first-order valence-corrected chi connectivity index (χ1v) is 5.54. The predicted octanol–water partition coefficient (Wildman–Crippen LogP) is 1.69. The molecule has 0 atom stereocenters. The molecule has 2 aromatic rings. The summed E-state index contributed by atoms with van der Waals surface area (Å²) in [5.74, 6) is 0.898. The fourth-order valence-electron chi connectivity index (χ4n) is 1.55. The molecule has 0 amide bonds. The van der Waals surface area contributed by atoms with Crippen LogP contribution in [0.1, 0.15) is 23.7 Å². The molecule has 0 bridgehead atoms. The summed E-state index contributed by atoms with van der Waals surface area (Å²) in [5.41, 5.74) is 6.21. The number of rotatable bonds is 5. The number of hydrogen-bond donors (Lipinski definition) is 1. The van der Waals surface area contributed by atoms with Crippen molar-refractivity contribution in [3.8, 4) is 0 Å². The van der Waals surface area contributed by atoms with E-state index in [1.54, 1.807) is 6.07 Å². The van der Waals surface area contributed by atoms with Crippen molar-refractivity contribution in [3.63, 3.8) is 0 Å². The van der Waals surface area contributed by atoms with Gasteiger partial charge in [0.25, 0.3) is 0 Å². The third-order valence-electron chi connectivity index (χ3n) is 2.36. The maximum Gasteiger partial charge on any atom is 0.231 e. The normalized spacial score (nSPS) is 10.7. The first-order valence-electron chi connectivity index (χ1n) is 5.54. The van der Waals surface area contributed by atoms with Crippen molar-refractivity contribution >= 4 is 0 Å². The number of nitrogens with zero attached hydrogens (tertiary/aromatic N) is 2. The third-order valence-corrected chi connectivity index (χ3v) is 2.36. The molecule has 0 saturated carbocycles. The largest absolute Gasteiger partial charge is 0.339 e. The molecule has 17 heavy (non-hydrogen) atoms. The molecule has 0 aliphatic heterocycles. The second-order valence-electron chi connectivity index (χ2n) is 3.80. The third kappa shape index (κ3) is 3.35. The van der Waals surface area contributed by atoms with Crippen molar-refractivity contribution in [2.75, 3.05) is 6.54 Å². The highest BCUT2D eigenvalue weighted by Crippen LogP contribution is 2.09. The standard InChI is InChI=1S/C12H14FN3O/c13-10-4-1-3-9(7-10)8-12-15-11(16-17-12)5-2-6-14/h1,3-4,7H,2,5-6,8,14H2. The van der Waals surface area contributed by atoms with Gasteiger partial charge in [-0.3, -0.25) is 0 Å². The van der Waals surface area contributed by atoms with Crippen molar-refractivity contribution in [3.05, 3.63) is 47.4 Å². The number of halogens is 1.